The minimum Gasteiger partial charge on any atom is -0.388 e. The van der Waals surface area contributed by atoms with Gasteiger partial charge in [-0.25, -0.2) is 0 Å². The molecule has 1 N–H and O–H groups in total. The number of anilines is 1. The Hall–Kier alpha value is -1.35. The van der Waals surface area contributed by atoms with Crippen LogP contribution in [0.2, 0.25) is 0 Å². The predicted molar refractivity (Wildman–Crippen MR) is 84.3 cm³/mol. The normalized spacial score (nSPS) is 21.8. The molecule has 1 fully saturated rings. The summed E-state index contributed by atoms with van der Waals surface area (Å²) in [6.45, 7) is 0. The number of rotatable bonds is 2. The zero-order chi connectivity index (χ0) is 14.8. The molecule has 0 bridgehead atoms. The van der Waals surface area contributed by atoms with Crippen LogP contribution in [0.1, 0.15) is 62.2 Å². The number of carbonyl (C=O) groups excluding carboxylic acids is 1. The third-order valence-electron chi connectivity index (χ3n) is 5.12. The maximum absolute atomic E-state index is 11.8. The van der Waals surface area contributed by atoms with Crippen LogP contribution in [-0.4, -0.2) is 18.1 Å². The van der Waals surface area contributed by atoms with Crippen LogP contribution in [0.15, 0.2) is 18.2 Å². The highest BCUT2D eigenvalue weighted by Gasteiger charge is 2.27. The molecule has 1 aliphatic heterocycles. The second-order valence-corrected chi connectivity index (χ2v) is 6.57. The third kappa shape index (κ3) is 2.98. The number of amides is 1. The van der Waals surface area contributed by atoms with Crippen LogP contribution < -0.4 is 4.90 Å². The first-order valence-electron chi connectivity index (χ1n) is 8.24. The molecule has 1 aliphatic carbocycles. The third-order valence-corrected chi connectivity index (χ3v) is 5.12. The molecule has 1 amide bonds. The smallest absolute Gasteiger partial charge is 0.231 e. The molecular formula is C18H25NO2. The van der Waals surface area contributed by atoms with Crippen molar-refractivity contribution in [2.75, 3.05) is 11.9 Å². The molecular weight excluding hydrogens is 262 g/mol. The summed E-state index contributed by atoms with van der Waals surface area (Å²) in [5, 5.41) is 10.7. The second kappa shape index (κ2) is 6.18. The predicted octanol–water partition coefficient (Wildman–Crippen LogP) is 3.60. The molecule has 3 heteroatoms. The number of hydrogen-bond acceptors (Lipinski definition) is 2. The van der Waals surface area contributed by atoms with Crippen molar-refractivity contribution in [3.05, 3.63) is 29.3 Å². The van der Waals surface area contributed by atoms with Crippen LogP contribution in [0.4, 0.5) is 5.69 Å². The van der Waals surface area contributed by atoms with E-state index in [9.17, 15) is 9.90 Å². The van der Waals surface area contributed by atoms with E-state index in [1.54, 1.807) is 4.90 Å². The summed E-state index contributed by atoms with van der Waals surface area (Å²) in [6, 6.07) is 6.03. The Morgan fingerprint density at radius 2 is 1.81 bits per heavy atom. The van der Waals surface area contributed by atoms with E-state index < -0.39 is 0 Å². The average molecular weight is 287 g/mol. The van der Waals surface area contributed by atoms with Gasteiger partial charge in [-0.3, -0.25) is 4.79 Å². The van der Waals surface area contributed by atoms with Gasteiger partial charge in [-0.05, 0) is 36.0 Å². The van der Waals surface area contributed by atoms with Crippen molar-refractivity contribution < 1.29 is 9.90 Å². The van der Waals surface area contributed by atoms with Crippen molar-refractivity contribution in [3.8, 4) is 0 Å². The zero-order valence-corrected chi connectivity index (χ0v) is 12.8. The molecule has 1 unspecified atom stereocenters. The lowest BCUT2D eigenvalue weighted by Crippen LogP contribution is -2.20. The number of aliphatic hydroxyl groups is 1. The summed E-state index contributed by atoms with van der Waals surface area (Å²) in [4.78, 5) is 13.5. The van der Waals surface area contributed by atoms with E-state index in [0.717, 1.165) is 29.7 Å². The van der Waals surface area contributed by atoms with E-state index in [0.29, 0.717) is 12.3 Å². The summed E-state index contributed by atoms with van der Waals surface area (Å²) < 4.78 is 0. The van der Waals surface area contributed by atoms with Crippen LogP contribution in [0, 0.1) is 5.92 Å². The van der Waals surface area contributed by atoms with Crippen LogP contribution >= 0.6 is 0 Å². The molecule has 2 aliphatic rings. The van der Waals surface area contributed by atoms with Crippen molar-refractivity contribution in [3.63, 3.8) is 0 Å². The lowest BCUT2D eigenvalue weighted by atomic mass is 9.84. The molecule has 3 nitrogen and oxygen atoms in total. The van der Waals surface area contributed by atoms with Gasteiger partial charge in [0.05, 0.1) is 12.5 Å². The molecule has 1 saturated carbocycles. The highest BCUT2D eigenvalue weighted by molar-refractivity contribution is 6.00. The van der Waals surface area contributed by atoms with Crippen molar-refractivity contribution in [2.24, 2.45) is 5.92 Å². The van der Waals surface area contributed by atoms with Crippen LogP contribution in [-0.2, 0) is 11.2 Å². The SMILES string of the molecule is CN1C(=O)Cc2cc(C(O)C3CCCCCCC3)ccc21. The fourth-order valence-electron chi connectivity index (χ4n) is 3.75. The number of fused-ring (bicyclic) bond motifs is 1. The van der Waals surface area contributed by atoms with Gasteiger partial charge in [0.2, 0.25) is 5.91 Å². The average Bonchev–Trinajstić information content (AvgIpc) is 2.73. The van der Waals surface area contributed by atoms with Crippen molar-refractivity contribution in [2.45, 2.75) is 57.5 Å². The van der Waals surface area contributed by atoms with E-state index in [4.69, 9.17) is 0 Å². The van der Waals surface area contributed by atoms with Gasteiger partial charge in [-0.2, -0.15) is 0 Å². The Bertz CT molecular complexity index is 518. The summed E-state index contributed by atoms with van der Waals surface area (Å²) in [7, 11) is 1.82. The van der Waals surface area contributed by atoms with Crippen molar-refractivity contribution in [1.82, 2.24) is 0 Å². The fraction of sp³-hybridized carbons (Fsp3) is 0.611. The number of benzene rings is 1. The van der Waals surface area contributed by atoms with E-state index >= 15 is 0 Å². The van der Waals surface area contributed by atoms with Gasteiger partial charge >= 0.3 is 0 Å². The van der Waals surface area contributed by atoms with Crippen LogP contribution in [0.3, 0.4) is 0 Å². The van der Waals surface area contributed by atoms with Gasteiger partial charge in [0.25, 0.3) is 0 Å². The standard InChI is InChI=1S/C18H25NO2/c1-19-16-10-9-14(11-15(16)12-17(19)20)18(21)13-7-5-3-2-4-6-8-13/h9-11,13,18,21H,2-8,12H2,1H3. The molecule has 1 aromatic carbocycles. The number of carbonyl (C=O) groups is 1. The van der Waals surface area contributed by atoms with Crippen molar-refractivity contribution >= 4 is 11.6 Å². The van der Waals surface area contributed by atoms with Gasteiger partial charge in [-0.1, -0.05) is 44.2 Å². The van der Waals surface area contributed by atoms with Gasteiger partial charge in [-0.15, -0.1) is 0 Å². The summed E-state index contributed by atoms with van der Waals surface area (Å²) >= 11 is 0. The van der Waals surface area contributed by atoms with Crippen LogP contribution in [0.5, 0.6) is 0 Å². The lowest BCUT2D eigenvalue weighted by Gasteiger charge is -2.25. The Morgan fingerprint density at radius 3 is 2.52 bits per heavy atom. The topological polar surface area (TPSA) is 40.5 Å². The number of likely N-dealkylation sites (N-methyl/N-ethyl adjacent to an activating group) is 1. The first-order chi connectivity index (χ1) is 10.2. The van der Waals surface area contributed by atoms with Gasteiger partial charge in [0.15, 0.2) is 0 Å². The maximum Gasteiger partial charge on any atom is 0.231 e. The highest BCUT2D eigenvalue weighted by Crippen LogP contribution is 2.36. The number of nitrogens with zero attached hydrogens (tertiary/aromatic N) is 1. The zero-order valence-electron chi connectivity index (χ0n) is 12.8. The number of hydrogen-bond donors (Lipinski definition) is 1. The van der Waals surface area contributed by atoms with Gasteiger partial charge in [0, 0.05) is 12.7 Å². The molecule has 1 atom stereocenters. The monoisotopic (exact) mass is 287 g/mol. The maximum atomic E-state index is 11.8. The summed E-state index contributed by atoms with van der Waals surface area (Å²) in [5.74, 6) is 0.515. The summed E-state index contributed by atoms with van der Waals surface area (Å²) in [5.41, 5.74) is 3.04. The van der Waals surface area contributed by atoms with Crippen molar-refractivity contribution in [1.29, 1.82) is 0 Å². The lowest BCUT2D eigenvalue weighted by molar-refractivity contribution is -0.117. The molecule has 3 rings (SSSR count). The largest absolute Gasteiger partial charge is 0.388 e. The number of aliphatic hydroxyl groups excluding tert-OH is 1. The van der Waals surface area contributed by atoms with Gasteiger partial charge < -0.3 is 10.0 Å². The van der Waals surface area contributed by atoms with Crippen LogP contribution in [0.25, 0.3) is 0 Å². The molecule has 1 heterocycles. The minimum absolute atomic E-state index is 0.141. The van der Waals surface area contributed by atoms with E-state index in [1.165, 1.54) is 32.1 Å². The molecule has 114 valence electrons. The van der Waals surface area contributed by atoms with E-state index in [1.807, 2.05) is 25.2 Å². The molecule has 0 radical (unpaired) electrons. The minimum atomic E-state index is -0.380. The molecule has 1 aromatic rings. The first-order valence-corrected chi connectivity index (χ1v) is 8.24. The van der Waals surface area contributed by atoms with E-state index in [-0.39, 0.29) is 12.0 Å². The molecule has 0 aromatic heterocycles. The van der Waals surface area contributed by atoms with Gasteiger partial charge in [0.1, 0.15) is 0 Å². The Kier molecular flexibility index (Phi) is 4.29. The highest BCUT2D eigenvalue weighted by atomic mass is 16.3. The quantitative estimate of drug-likeness (QED) is 0.903. The Balaban J connectivity index is 1.77. The molecule has 0 saturated heterocycles. The molecule has 21 heavy (non-hydrogen) atoms. The first kappa shape index (κ1) is 14.6. The molecule has 0 spiro atoms. The summed E-state index contributed by atoms with van der Waals surface area (Å²) in [6.07, 6.45) is 8.73. The Morgan fingerprint density at radius 1 is 1.14 bits per heavy atom. The van der Waals surface area contributed by atoms with E-state index in [2.05, 4.69) is 0 Å². The second-order valence-electron chi connectivity index (χ2n) is 6.57. The fourth-order valence-corrected chi connectivity index (χ4v) is 3.75. The Labute approximate surface area is 127 Å².